The van der Waals surface area contributed by atoms with Crippen LogP contribution in [-0.4, -0.2) is 38.8 Å². The number of carbonyl (C=O) groups excluding carboxylic acids is 1. The molecule has 0 aliphatic rings. The van der Waals surface area contributed by atoms with E-state index in [1.165, 1.54) is 34.6 Å². The maximum Gasteiger partial charge on any atom is 0.255 e. The molecule has 6 nitrogen and oxygen atoms in total. The van der Waals surface area contributed by atoms with Gasteiger partial charge in [-0.25, -0.2) is 12.8 Å². The molecule has 0 aromatic heterocycles. The molecule has 26 heavy (non-hydrogen) atoms. The summed E-state index contributed by atoms with van der Waals surface area (Å²) < 4.78 is 40.0. The average Bonchev–Trinajstić information content (AvgIpc) is 2.62. The van der Waals surface area contributed by atoms with Gasteiger partial charge in [-0.3, -0.25) is 4.79 Å². The predicted molar refractivity (Wildman–Crippen MR) is 100 cm³/mol. The summed E-state index contributed by atoms with van der Waals surface area (Å²) in [4.78, 5) is 12.5. The maximum atomic E-state index is 13.3. The minimum Gasteiger partial charge on any atom is -0.386 e. The minimum atomic E-state index is -3.66. The number of hydrogen-bond donors (Lipinski definition) is 2. The average molecular weight is 379 g/mol. The van der Waals surface area contributed by atoms with Crippen molar-refractivity contribution in [1.29, 1.82) is 0 Å². The van der Waals surface area contributed by atoms with Crippen molar-refractivity contribution in [3.8, 4) is 0 Å². The van der Waals surface area contributed by atoms with E-state index < -0.39 is 21.7 Å². The Kier molecular flexibility index (Phi) is 6.33. The highest BCUT2D eigenvalue weighted by Crippen LogP contribution is 2.27. The van der Waals surface area contributed by atoms with Crippen LogP contribution in [-0.2, 0) is 10.0 Å². The van der Waals surface area contributed by atoms with Crippen molar-refractivity contribution >= 4 is 27.3 Å². The van der Waals surface area contributed by atoms with E-state index in [1.54, 1.807) is 27.0 Å². The van der Waals surface area contributed by atoms with E-state index in [9.17, 15) is 17.6 Å². The monoisotopic (exact) mass is 379 g/mol. The second-order valence-electron chi connectivity index (χ2n) is 5.51. The molecule has 0 fully saturated rings. The zero-order chi connectivity index (χ0) is 19.3. The van der Waals surface area contributed by atoms with Crippen LogP contribution in [0.2, 0.25) is 0 Å². The van der Waals surface area contributed by atoms with Crippen LogP contribution >= 0.6 is 0 Å². The van der Waals surface area contributed by atoms with Gasteiger partial charge in [-0.05, 0) is 36.4 Å². The first-order chi connectivity index (χ1) is 12.3. The van der Waals surface area contributed by atoms with Crippen LogP contribution in [0.1, 0.15) is 24.2 Å². The Morgan fingerprint density at radius 2 is 1.77 bits per heavy atom. The van der Waals surface area contributed by atoms with Gasteiger partial charge >= 0.3 is 0 Å². The summed E-state index contributed by atoms with van der Waals surface area (Å²) in [5.74, 6) is -1.05. The molecule has 1 amide bonds. The van der Waals surface area contributed by atoms with E-state index >= 15 is 0 Å². The topological polar surface area (TPSA) is 78.5 Å². The van der Waals surface area contributed by atoms with Crippen molar-refractivity contribution in [3.63, 3.8) is 0 Å². The van der Waals surface area contributed by atoms with Gasteiger partial charge in [-0.2, -0.15) is 4.31 Å². The summed E-state index contributed by atoms with van der Waals surface area (Å²) in [6, 6.07) is 9.74. The van der Waals surface area contributed by atoms with Gasteiger partial charge in [-0.1, -0.05) is 19.9 Å². The number of nitrogens with one attached hydrogen (secondary N) is 2. The number of nitrogens with zero attached hydrogens (tertiary/aromatic N) is 1. The largest absolute Gasteiger partial charge is 0.386 e. The lowest BCUT2D eigenvalue weighted by atomic mass is 10.2. The maximum absolute atomic E-state index is 13.3. The van der Waals surface area contributed by atoms with Gasteiger partial charge in [0.15, 0.2) is 0 Å². The molecule has 0 bridgehead atoms. The molecule has 0 unspecified atom stereocenters. The highest BCUT2D eigenvalue weighted by molar-refractivity contribution is 7.89. The Balaban J connectivity index is 2.40. The summed E-state index contributed by atoms with van der Waals surface area (Å²) in [7, 11) is -2.00. The normalized spacial score (nSPS) is 11.4. The number of benzene rings is 2. The number of amides is 1. The highest BCUT2D eigenvalue weighted by Gasteiger charge is 2.23. The van der Waals surface area contributed by atoms with Gasteiger partial charge < -0.3 is 10.6 Å². The van der Waals surface area contributed by atoms with Crippen molar-refractivity contribution in [3.05, 3.63) is 53.8 Å². The second kappa shape index (κ2) is 8.29. The van der Waals surface area contributed by atoms with E-state index in [4.69, 9.17) is 0 Å². The standard InChI is InChI=1S/C18H22FN3O3S/c1-4-22(5-2)26(24,25)15-9-10-16(20-3)17(12-15)21-18(23)13-7-6-8-14(19)11-13/h6-12,20H,4-5H2,1-3H3,(H,21,23). The molecule has 2 N–H and O–H groups in total. The molecule has 0 radical (unpaired) electrons. The van der Waals surface area contributed by atoms with Crippen molar-refractivity contribution < 1.29 is 17.6 Å². The Morgan fingerprint density at radius 3 is 2.35 bits per heavy atom. The molecule has 0 saturated carbocycles. The third kappa shape index (κ3) is 4.20. The minimum absolute atomic E-state index is 0.0785. The molecule has 0 saturated heterocycles. The number of carbonyl (C=O) groups is 1. The Morgan fingerprint density at radius 1 is 1.08 bits per heavy atom. The predicted octanol–water partition coefficient (Wildman–Crippen LogP) is 3.15. The van der Waals surface area contributed by atoms with E-state index in [2.05, 4.69) is 10.6 Å². The Bertz CT molecular complexity index is 896. The lowest BCUT2D eigenvalue weighted by Crippen LogP contribution is -2.30. The lowest BCUT2D eigenvalue weighted by Gasteiger charge is -2.20. The van der Waals surface area contributed by atoms with Gasteiger partial charge in [0.2, 0.25) is 10.0 Å². The second-order valence-corrected chi connectivity index (χ2v) is 7.45. The fourth-order valence-electron chi connectivity index (χ4n) is 2.54. The van der Waals surface area contributed by atoms with Gasteiger partial charge in [-0.15, -0.1) is 0 Å². The van der Waals surface area contributed by atoms with E-state index in [0.29, 0.717) is 24.5 Å². The van der Waals surface area contributed by atoms with Crippen LogP contribution in [0.15, 0.2) is 47.4 Å². The quantitative estimate of drug-likeness (QED) is 0.775. The van der Waals surface area contributed by atoms with Crippen molar-refractivity contribution in [2.75, 3.05) is 30.8 Å². The fourth-order valence-corrected chi connectivity index (χ4v) is 4.03. The van der Waals surface area contributed by atoms with Crippen LogP contribution < -0.4 is 10.6 Å². The van der Waals surface area contributed by atoms with Crippen molar-refractivity contribution in [2.45, 2.75) is 18.7 Å². The molecule has 0 aliphatic heterocycles. The molecule has 2 aromatic carbocycles. The summed E-state index contributed by atoms with van der Waals surface area (Å²) in [6.45, 7) is 4.21. The molecule has 0 heterocycles. The van der Waals surface area contributed by atoms with Gasteiger partial charge in [0.25, 0.3) is 5.91 Å². The number of halogens is 1. The van der Waals surface area contributed by atoms with Crippen molar-refractivity contribution in [2.24, 2.45) is 0 Å². The first kappa shape index (κ1) is 19.9. The number of anilines is 2. The number of sulfonamides is 1. The molecule has 2 rings (SSSR count). The summed E-state index contributed by atoms with van der Waals surface area (Å²) in [5, 5.41) is 5.54. The first-order valence-corrected chi connectivity index (χ1v) is 9.66. The van der Waals surface area contributed by atoms with E-state index in [0.717, 1.165) is 6.07 Å². The highest BCUT2D eigenvalue weighted by atomic mass is 32.2. The molecule has 2 aromatic rings. The molecule has 0 atom stereocenters. The Labute approximate surface area is 153 Å². The lowest BCUT2D eigenvalue weighted by molar-refractivity contribution is 0.102. The summed E-state index contributed by atoms with van der Waals surface area (Å²) in [6.07, 6.45) is 0. The van der Waals surface area contributed by atoms with Crippen LogP contribution in [0.25, 0.3) is 0 Å². The zero-order valence-corrected chi connectivity index (χ0v) is 15.7. The zero-order valence-electron chi connectivity index (χ0n) is 14.9. The molecule has 0 aliphatic carbocycles. The van der Waals surface area contributed by atoms with Crippen LogP contribution in [0, 0.1) is 5.82 Å². The molecule has 0 spiro atoms. The number of hydrogen-bond acceptors (Lipinski definition) is 4. The third-order valence-electron chi connectivity index (χ3n) is 3.94. The number of rotatable bonds is 7. The molecule has 140 valence electrons. The molecule has 8 heteroatoms. The summed E-state index contributed by atoms with van der Waals surface area (Å²) in [5.41, 5.74) is 0.993. The van der Waals surface area contributed by atoms with E-state index in [-0.39, 0.29) is 10.5 Å². The van der Waals surface area contributed by atoms with Crippen LogP contribution in [0.3, 0.4) is 0 Å². The molecular weight excluding hydrogens is 357 g/mol. The molecular formula is C18H22FN3O3S. The van der Waals surface area contributed by atoms with Crippen LogP contribution in [0.5, 0.6) is 0 Å². The summed E-state index contributed by atoms with van der Waals surface area (Å²) >= 11 is 0. The van der Waals surface area contributed by atoms with Crippen molar-refractivity contribution in [1.82, 2.24) is 4.31 Å². The third-order valence-corrected chi connectivity index (χ3v) is 5.98. The first-order valence-electron chi connectivity index (χ1n) is 8.22. The van der Waals surface area contributed by atoms with E-state index in [1.807, 2.05) is 0 Å². The van der Waals surface area contributed by atoms with Gasteiger partial charge in [0, 0.05) is 25.7 Å². The Hall–Kier alpha value is -2.45. The fraction of sp³-hybridized carbons (Fsp3) is 0.278. The SMILES string of the molecule is CCN(CC)S(=O)(=O)c1ccc(NC)c(NC(=O)c2cccc(F)c2)c1. The van der Waals surface area contributed by atoms with Gasteiger partial charge in [0.1, 0.15) is 5.82 Å². The smallest absolute Gasteiger partial charge is 0.255 e. The van der Waals surface area contributed by atoms with Gasteiger partial charge in [0.05, 0.1) is 16.3 Å². The van der Waals surface area contributed by atoms with Crippen LogP contribution in [0.4, 0.5) is 15.8 Å².